The van der Waals surface area contributed by atoms with Crippen LogP contribution < -0.4 is 0 Å². The minimum absolute atomic E-state index is 0.802. The second kappa shape index (κ2) is 5.34. The Balaban J connectivity index is 1.74. The zero-order valence-electron chi connectivity index (χ0n) is 9.84. The fraction of sp³-hybridized carbons (Fsp3) is 0.600. The molecule has 1 atom stereocenters. The molecule has 2 rings (SSSR count). The Kier molecular flexibility index (Phi) is 3.82. The molecule has 0 bridgehead atoms. The summed E-state index contributed by atoms with van der Waals surface area (Å²) < 4.78 is 0. The van der Waals surface area contributed by atoms with Crippen molar-refractivity contribution in [2.45, 2.75) is 51.9 Å². The van der Waals surface area contributed by atoms with Crippen molar-refractivity contribution in [3.8, 4) is 0 Å². The Morgan fingerprint density at radius 3 is 2.87 bits per heavy atom. The predicted molar refractivity (Wildman–Crippen MR) is 66.8 cm³/mol. The van der Waals surface area contributed by atoms with E-state index in [4.69, 9.17) is 0 Å². The van der Waals surface area contributed by atoms with E-state index in [0.29, 0.717) is 0 Å². The van der Waals surface area contributed by atoms with Gasteiger partial charge in [0.2, 0.25) is 0 Å². The molecule has 82 valence electrons. The van der Waals surface area contributed by atoms with Crippen molar-refractivity contribution in [1.82, 2.24) is 0 Å². The second-order valence-corrected chi connectivity index (χ2v) is 4.95. The molecule has 0 fully saturated rings. The Hall–Kier alpha value is -0.780. The van der Waals surface area contributed by atoms with E-state index in [-0.39, 0.29) is 0 Å². The van der Waals surface area contributed by atoms with Gasteiger partial charge in [-0.3, -0.25) is 0 Å². The molecule has 0 heteroatoms. The SMILES string of the molecule is CC1=CCC(CCC2=CCCCC2)C=C1. The molecule has 2 aliphatic rings. The minimum Gasteiger partial charge on any atom is -0.0853 e. The van der Waals surface area contributed by atoms with Crippen LogP contribution in [0.15, 0.2) is 35.5 Å². The van der Waals surface area contributed by atoms with Crippen molar-refractivity contribution >= 4 is 0 Å². The van der Waals surface area contributed by atoms with Crippen molar-refractivity contribution in [3.63, 3.8) is 0 Å². The van der Waals surface area contributed by atoms with Gasteiger partial charge in [0, 0.05) is 0 Å². The Morgan fingerprint density at radius 1 is 1.27 bits per heavy atom. The fourth-order valence-corrected chi connectivity index (χ4v) is 2.49. The highest BCUT2D eigenvalue weighted by atomic mass is 14.1. The van der Waals surface area contributed by atoms with E-state index >= 15 is 0 Å². The molecule has 15 heavy (non-hydrogen) atoms. The summed E-state index contributed by atoms with van der Waals surface area (Å²) in [6, 6.07) is 0. The lowest BCUT2D eigenvalue weighted by atomic mass is 9.88. The van der Waals surface area contributed by atoms with E-state index in [1.165, 1.54) is 50.5 Å². The second-order valence-electron chi connectivity index (χ2n) is 4.95. The molecule has 0 aromatic rings. The zero-order valence-corrected chi connectivity index (χ0v) is 9.84. The van der Waals surface area contributed by atoms with E-state index in [9.17, 15) is 0 Å². The summed E-state index contributed by atoms with van der Waals surface area (Å²) in [5.41, 5.74) is 3.16. The number of allylic oxidation sites excluding steroid dienone is 6. The average Bonchev–Trinajstić information content (AvgIpc) is 2.30. The number of hydrogen-bond acceptors (Lipinski definition) is 0. The van der Waals surface area contributed by atoms with Gasteiger partial charge in [0.15, 0.2) is 0 Å². The van der Waals surface area contributed by atoms with Gasteiger partial charge in [0.05, 0.1) is 0 Å². The topological polar surface area (TPSA) is 0 Å². The molecule has 0 amide bonds. The van der Waals surface area contributed by atoms with Crippen LogP contribution in [0.25, 0.3) is 0 Å². The first kappa shape index (κ1) is 10.7. The highest BCUT2D eigenvalue weighted by molar-refractivity contribution is 5.21. The van der Waals surface area contributed by atoms with Crippen molar-refractivity contribution in [1.29, 1.82) is 0 Å². The lowest BCUT2D eigenvalue weighted by Crippen LogP contribution is -2.01. The highest BCUT2D eigenvalue weighted by Gasteiger charge is 2.09. The molecular weight excluding hydrogens is 180 g/mol. The zero-order chi connectivity index (χ0) is 10.5. The van der Waals surface area contributed by atoms with Gasteiger partial charge in [-0.1, -0.05) is 35.5 Å². The van der Waals surface area contributed by atoms with Crippen LogP contribution in [0.5, 0.6) is 0 Å². The lowest BCUT2D eigenvalue weighted by molar-refractivity contribution is 0.567. The fourth-order valence-electron chi connectivity index (χ4n) is 2.49. The maximum absolute atomic E-state index is 2.48. The van der Waals surface area contributed by atoms with Gasteiger partial charge in [0.25, 0.3) is 0 Å². The third kappa shape index (κ3) is 3.37. The third-order valence-electron chi connectivity index (χ3n) is 3.60. The van der Waals surface area contributed by atoms with E-state index in [0.717, 1.165) is 5.92 Å². The van der Waals surface area contributed by atoms with Crippen molar-refractivity contribution in [3.05, 3.63) is 35.5 Å². The maximum atomic E-state index is 2.48. The standard InChI is InChI=1S/C15H22/c1-13-7-9-15(10-8-13)12-11-14-5-3-2-4-6-14/h5,7-9,15H,2-4,6,10-12H2,1H3. The van der Waals surface area contributed by atoms with Gasteiger partial charge in [0.1, 0.15) is 0 Å². The molecule has 0 spiro atoms. The summed E-state index contributed by atoms with van der Waals surface area (Å²) in [5.74, 6) is 0.802. The van der Waals surface area contributed by atoms with Gasteiger partial charge in [-0.2, -0.15) is 0 Å². The van der Waals surface area contributed by atoms with Crippen LogP contribution in [0.4, 0.5) is 0 Å². The van der Waals surface area contributed by atoms with Crippen molar-refractivity contribution in [2.24, 2.45) is 5.92 Å². The summed E-state index contributed by atoms with van der Waals surface area (Å²) in [7, 11) is 0. The molecule has 0 heterocycles. The van der Waals surface area contributed by atoms with E-state index in [2.05, 4.69) is 31.2 Å². The quantitative estimate of drug-likeness (QED) is 0.577. The monoisotopic (exact) mass is 202 g/mol. The largest absolute Gasteiger partial charge is 0.0853 e. The average molecular weight is 202 g/mol. The first-order chi connectivity index (χ1) is 7.34. The van der Waals surface area contributed by atoms with Crippen LogP contribution in [0.3, 0.4) is 0 Å². The summed E-state index contributed by atoms with van der Waals surface area (Å²) in [6.45, 7) is 2.19. The molecule has 0 saturated heterocycles. The smallest absolute Gasteiger partial charge is 0.0192 e. The highest BCUT2D eigenvalue weighted by Crippen LogP contribution is 2.26. The van der Waals surface area contributed by atoms with Gasteiger partial charge in [-0.05, 0) is 57.8 Å². The Morgan fingerprint density at radius 2 is 2.20 bits per heavy atom. The van der Waals surface area contributed by atoms with Crippen LogP contribution in [0, 0.1) is 5.92 Å². The van der Waals surface area contributed by atoms with Crippen LogP contribution >= 0.6 is 0 Å². The molecular formula is C15H22. The van der Waals surface area contributed by atoms with E-state index in [1.807, 2.05) is 0 Å². The number of rotatable bonds is 3. The summed E-state index contributed by atoms with van der Waals surface area (Å²) in [4.78, 5) is 0. The third-order valence-corrected chi connectivity index (χ3v) is 3.60. The predicted octanol–water partition coefficient (Wildman–Crippen LogP) is 4.79. The normalized spacial score (nSPS) is 26.1. The molecule has 0 aromatic carbocycles. The van der Waals surface area contributed by atoms with E-state index in [1.54, 1.807) is 5.57 Å². The van der Waals surface area contributed by atoms with Gasteiger partial charge < -0.3 is 0 Å². The molecule has 0 nitrogen and oxygen atoms in total. The van der Waals surface area contributed by atoms with Gasteiger partial charge in [-0.25, -0.2) is 0 Å². The Bertz CT molecular complexity index is 291. The first-order valence-electron chi connectivity index (χ1n) is 6.37. The van der Waals surface area contributed by atoms with Crippen LogP contribution in [0.2, 0.25) is 0 Å². The summed E-state index contributed by atoms with van der Waals surface area (Å²) in [6.07, 6.45) is 19.0. The molecule has 2 aliphatic carbocycles. The first-order valence-corrected chi connectivity index (χ1v) is 6.37. The van der Waals surface area contributed by atoms with E-state index < -0.39 is 0 Å². The van der Waals surface area contributed by atoms with Crippen LogP contribution in [-0.4, -0.2) is 0 Å². The molecule has 0 saturated carbocycles. The van der Waals surface area contributed by atoms with Crippen LogP contribution in [-0.2, 0) is 0 Å². The molecule has 0 N–H and O–H groups in total. The molecule has 0 aromatic heterocycles. The van der Waals surface area contributed by atoms with Crippen LogP contribution in [0.1, 0.15) is 51.9 Å². The molecule has 1 unspecified atom stereocenters. The Labute approximate surface area is 93.8 Å². The lowest BCUT2D eigenvalue weighted by Gasteiger charge is -2.17. The summed E-state index contributed by atoms with van der Waals surface area (Å²) >= 11 is 0. The van der Waals surface area contributed by atoms with Gasteiger partial charge >= 0.3 is 0 Å². The molecule has 0 aliphatic heterocycles. The minimum atomic E-state index is 0.802. The maximum Gasteiger partial charge on any atom is -0.0192 e. The van der Waals surface area contributed by atoms with Crippen molar-refractivity contribution < 1.29 is 0 Å². The molecule has 0 radical (unpaired) electrons. The van der Waals surface area contributed by atoms with Gasteiger partial charge in [-0.15, -0.1) is 0 Å². The van der Waals surface area contributed by atoms with Crippen molar-refractivity contribution in [2.75, 3.05) is 0 Å². The summed E-state index contributed by atoms with van der Waals surface area (Å²) in [5, 5.41) is 0. The number of hydrogen-bond donors (Lipinski definition) is 0.